The number of anilines is 1. The third-order valence-corrected chi connectivity index (χ3v) is 6.52. The lowest BCUT2D eigenvalue weighted by Gasteiger charge is -2.24. The summed E-state index contributed by atoms with van der Waals surface area (Å²) in [6, 6.07) is 14.4. The first-order valence-electron chi connectivity index (χ1n) is 9.61. The van der Waals surface area contributed by atoms with E-state index in [4.69, 9.17) is 4.74 Å². The van der Waals surface area contributed by atoms with Gasteiger partial charge in [-0.2, -0.15) is 0 Å². The van der Waals surface area contributed by atoms with Gasteiger partial charge in [-0.1, -0.05) is 12.1 Å². The van der Waals surface area contributed by atoms with E-state index in [0.29, 0.717) is 13.2 Å². The van der Waals surface area contributed by atoms with Gasteiger partial charge in [-0.25, -0.2) is 9.48 Å². The fraction of sp³-hybridized carbons (Fsp3) is 0.409. The van der Waals surface area contributed by atoms with E-state index in [-0.39, 0.29) is 0 Å². The average molecular weight is 384 g/mol. The highest BCUT2D eigenvalue weighted by Crippen LogP contribution is 2.39. The Balaban J connectivity index is 1.76. The molecule has 27 heavy (non-hydrogen) atoms. The minimum Gasteiger partial charge on any atom is -0.494 e. The summed E-state index contributed by atoms with van der Waals surface area (Å²) in [7, 11) is 0. The van der Waals surface area contributed by atoms with Crippen molar-refractivity contribution in [2.45, 2.75) is 32.9 Å². The topological polar surface area (TPSA) is 35.7 Å². The minimum absolute atomic E-state index is 0.535. The van der Waals surface area contributed by atoms with Gasteiger partial charge < -0.3 is 9.84 Å². The van der Waals surface area contributed by atoms with Crippen molar-refractivity contribution >= 4 is 22.6 Å². The van der Waals surface area contributed by atoms with E-state index in [1.165, 1.54) is 16.8 Å². The number of rotatable bonds is 4. The molecule has 4 nitrogen and oxygen atoms in total. The van der Waals surface area contributed by atoms with Gasteiger partial charge in [0.2, 0.25) is 0 Å². The number of hydrogen-bond donors (Lipinski definition) is 1. The molecule has 0 amide bonds. The normalized spacial score (nSPS) is 22.1. The lowest BCUT2D eigenvalue weighted by Crippen LogP contribution is -2.41. The van der Waals surface area contributed by atoms with Crippen molar-refractivity contribution < 1.29 is 14.4 Å². The van der Waals surface area contributed by atoms with Crippen LogP contribution in [-0.4, -0.2) is 40.3 Å². The minimum atomic E-state index is -1.02. The lowest BCUT2D eigenvalue weighted by atomic mass is 10.0. The first-order valence-corrected chi connectivity index (χ1v) is 10.6. The first-order chi connectivity index (χ1) is 13.0. The van der Waals surface area contributed by atoms with E-state index < -0.39 is 5.72 Å². The van der Waals surface area contributed by atoms with E-state index in [9.17, 15) is 5.11 Å². The number of aliphatic hydroxyl groups is 1. The number of benzene rings is 2. The number of thioether (sulfide) groups is 1. The van der Waals surface area contributed by atoms with E-state index in [1.54, 1.807) is 0 Å². The molecule has 1 N–H and O–H groups in total. The SMILES string of the molecule is CCOc1ccc(C2(O)CN(c3cc(C)ccc3C)C3=[N+]2CCCS3)cc1. The largest absolute Gasteiger partial charge is 0.494 e. The summed E-state index contributed by atoms with van der Waals surface area (Å²) in [6.07, 6.45) is 1.08. The number of aryl methyl sites for hydroxylation is 2. The Kier molecular flexibility index (Phi) is 4.91. The van der Waals surface area contributed by atoms with Gasteiger partial charge in [0.1, 0.15) is 11.4 Å². The van der Waals surface area contributed by atoms with Crippen LogP contribution in [0.15, 0.2) is 42.5 Å². The molecule has 2 aliphatic rings. The Morgan fingerprint density at radius 1 is 1.19 bits per heavy atom. The zero-order chi connectivity index (χ0) is 19.0. The molecular weight excluding hydrogens is 356 g/mol. The molecule has 0 fully saturated rings. The highest BCUT2D eigenvalue weighted by Gasteiger charge is 2.53. The lowest BCUT2D eigenvalue weighted by molar-refractivity contribution is -0.656. The van der Waals surface area contributed by atoms with Crippen LogP contribution in [0.1, 0.15) is 30.0 Å². The second-order valence-corrected chi connectivity index (χ2v) is 8.35. The molecule has 0 saturated heterocycles. The summed E-state index contributed by atoms with van der Waals surface area (Å²) in [6.45, 7) is 8.29. The number of amidine groups is 1. The quantitative estimate of drug-likeness (QED) is 0.813. The second kappa shape index (κ2) is 7.21. The van der Waals surface area contributed by atoms with Crippen molar-refractivity contribution in [3.63, 3.8) is 0 Å². The number of β-amino-alcohol motifs (C(OH)–C–C–N with tert-alkyl or cyclic N) is 1. The van der Waals surface area contributed by atoms with E-state index in [0.717, 1.165) is 35.2 Å². The van der Waals surface area contributed by atoms with Crippen LogP contribution in [0.4, 0.5) is 5.69 Å². The fourth-order valence-electron chi connectivity index (χ4n) is 3.93. The van der Waals surface area contributed by atoms with Gasteiger partial charge in [-0.15, -0.1) is 0 Å². The van der Waals surface area contributed by atoms with Crippen LogP contribution >= 0.6 is 11.8 Å². The Hall–Kier alpha value is -1.98. The standard InChI is InChI=1S/C22H27N2O2S/c1-4-26-19-10-8-18(9-11-19)22(25)15-23(21-24(22)12-5-13-27-21)20-14-16(2)6-7-17(20)3/h6-11,14,25H,4-5,12-13,15H2,1-3H3/q+1. The molecule has 0 saturated carbocycles. The van der Waals surface area contributed by atoms with Gasteiger partial charge in [-0.3, -0.25) is 0 Å². The maximum Gasteiger partial charge on any atom is 0.316 e. The van der Waals surface area contributed by atoms with Gasteiger partial charge in [0, 0.05) is 11.3 Å². The van der Waals surface area contributed by atoms with Crippen molar-refractivity contribution in [3.05, 3.63) is 59.2 Å². The predicted octanol–water partition coefficient (Wildman–Crippen LogP) is 3.87. The summed E-state index contributed by atoms with van der Waals surface area (Å²) in [5, 5.41) is 12.9. The molecule has 0 aliphatic carbocycles. The third kappa shape index (κ3) is 3.23. The number of hydrogen-bond acceptors (Lipinski definition) is 4. The Morgan fingerprint density at radius 2 is 1.96 bits per heavy atom. The van der Waals surface area contributed by atoms with Crippen LogP contribution in [0.3, 0.4) is 0 Å². The molecule has 0 aromatic heterocycles. The molecule has 2 aromatic rings. The molecule has 2 heterocycles. The van der Waals surface area contributed by atoms with E-state index >= 15 is 0 Å². The molecule has 0 bridgehead atoms. The summed E-state index contributed by atoms with van der Waals surface area (Å²) in [5.74, 6) is 1.93. The van der Waals surface area contributed by atoms with E-state index in [1.807, 2.05) is 43.0 Å². The van der Waals surface area contributed by atoms with Crippen molar-refractivity contribution in [3.8, 4) is 5.75 Å². The van der Waals surface area contributed by atoms with Crippen LogP contribution < -0.4 is 9.64 Å². The molecule has 1 unspecified atom stereocenters. The van der Waals surface area contributed by atoms with Gasteiger partial charge >= 0.3 is 5.17 Å². The number of nitrogens with zero attached hydrogens (tertiary/aromatic N) is 2. The molecule has 0 spiro atoms. The van der Waals surface area contributed by atoms with Crippen molar-refractivity contribution in [1.29, 1.82) is 0 Å². The monoisotopic (exact) mass is 383 g/mol. The molecule has 4 rings (SSSR count). The molecule has 2 aliphatic heterocycles. The molecule has 1 atom stereocenters. The second-order valence-electron chi connectivity index (χ2n) is 7.29. The molecule has 0 radical (unpaired) electrons. The van der Waals surface area contributed by atoms with Gasteiger partial charge in [0.15, 0.2) is 6.54 Å². The Bertz CT molecular complexity index is 878. The summed E-state index contributed by atoms with van der Waals surface area (Å²) < 4.78 is 7.75. The highest BCUT2D eigenvalue weighted by atomic mass is 32.2. The van der Waals surface area contributed by atoms with Gasteiger partial charge in [0.05, 0.1) is 13.2 Å². The van der Waals surface area contributed by atoms with E-state index in [2.05, 4.69) is 41.5 Å². The predicted molar refractivity (Wildman–Crippen MR) is 112 cm³/mol. The highest BCUT2D eigenvalue weighted by molar-refractivity contribution is 8.13. The van der Waals surface area contributed by atoms with Gasteiger partial charge in [-0.05, 0) is 80.4 Å². The first kappa shape index (κ1) is 18.4. The Labute approximate surface area is 165 Å². The Morgan fingerprint density at radius 3 is 2.70 bits per heavy atom. The summed E-state index contributed by atoms with van der Waals surface area (Å²) in [5.41, 5.74) is 3.55. The van der Waals surface area contributed by atoms with Gasteiger partial charge in [0.25, 0.3) is 5.72 Å². The van der Waals surface area contributed by atoms with Crippen molar-refractivity contribution in [2.75, 3.05) is 30.3 Å². The molecule has 142 valence electrons. The number of ether oxygens (including phenoxy) is 1. The van der Waals surface area contributed by atoms with Crippen LogP contribution in [0.2, 0.25) is 0 Å². The van der Waals surface area contributed by atoms with Crippen LogP contribution in [0, 0.1) is 13.8 Å². The zero-order valence-electron chi connectivity index (χ0n) is 16.2. The maximum absolute atomic E-state index is 11.8. The zero-order valence-corrected chi connectivity index (χ0v) is 17.1. The summed E-state index contributed by atoms with van der Waals surface area (Å²) in [4.78, 5) is 2.29. The van der Waals surface area contributed by atoms with Crippen molar-refractivity contribution in [2.24, 2.45) is 0 Å². The molecule has 2 aromatic carbocycles. The smallest absolute Gasteiger partial charge is 0.316 e. The third-order valence-electron chi connectivity index (χ3n) is 5.33. The van der Waals surface area contributed by atoms with Crippen LogP contribution in [-0.2, 0) is 5.72 Å². The van der Waals surface area contributed by atoms with Crippen molar-refractivity contribution in [1.82, 2.24) is 0 Å². The maximum atomic E-state index is 11.8. The van der Waals surface area contributed by atoms with Crippen LogP contribution in [0.5, 0.6) is 5.75 Å². The molecular formula is C22H27N2O2S+. The fourth-order valence-corrected chi connectivity index (χ4v) is 5.10. The average Bonchev–Trinajstić information content (AvgIpc) is 2.99. The van der Waals surface area contributed by atoms with Crippen LogP contribution in [0.25, 0.3) is 0 Å². The summed E-state index contributed by atoms with van der Waals surface area (Å²) >= 11 is 1.84. The molecule has 5 heteroatoms.